The third kappa shape index (κ3) is 6.87. The van der Waals surface area contributed by atoms with E-state index in [9.17, 15) is 31.5 Å². The van der Waals surface area contributed by atoms with Gasteiger partial charge in [-0.2, -0.15) is 0 Å². The highest BCUT2D eigenvalue weighted by atomic mass is 19.4. The summed E-state index contributed by atoms with van der Waals surface area (Å²) in [5.74, 6) is -4.48. The number of primary amides is 1. The largest absolute Gasteiger partial charge is 0.586 e. The maximum absolute atomic E-state index is 13.9. The van der Waals surface area contributed by atoms with Crippen LogP contribution in [0.3, 0.4) is 0 Å². The molecule has 0 fully saturated rings. The Labute approximate surface area is 225 Å². The van der Waals surface area contributed by atoms with Crippen molar-refractivity contribution in [3.05, 3.63) is 59.9 Å². The van der Waals surface area contributed by atoms with Crippen molar-refractivity contribution in [1.29, 1.82) is 0 Å². The molecule has 40 heavy (non-hydrogen) atoms. The lowest BCUT2D eigenvalue weighted by molar-refractivity contribution is -0.286. The Hall–Kier alpha value is -4.63. The van der Waals surface area contributed by atoms with Crippen molar-refractivity contribution >= 4 is 41.0 Å². The van der Waals surface area contributed by atoms with E-state index >= 15 is 0 Å². The first-order valence-electron chi connectivity index (χ1n) is 11.3. The van der Waals surface area contributed by atoms with Crippen LogP contribution in [0.15, 0.2) is 48.7 Å². The number of hydrogen-bond acceptors (Lipinski definition) is 8. The van der Waals surface area contributed by atoms with E-state index in [4.69, 9.17) is 15.2 Å². The fraction of sp³-hybridized carbons (Fsp3) is 0.136. The van der Waals surface area contributed by atoms with Crippen LogP contribution in [0.1, 0.15) is 20.8 Å². The van der Waals surface area contributed by atoms with E-state index in [1.807, 2.05) is 0 Å². The average molecular weight is 563 g/mol. The molecular formula is C22H17B3F5N3O7. The number of nitrogens with one attached hydrogen (secondary N) is 1. The second kappa shape index (κ2) is 10.2. The van der Waals surface area contributed by atoms with E-state index in [1.54, 1.807) is 23.5 Å². The van der Waals surface area contributed by atoms with Crippen molar-refractivity contribution in [2.45, 2.75) is 18.0 Å². The Morgan fingerprint density at radius 3 is 2.30 bits per heavy atom. The van der Waals surface area contributed by atoms with Gasteiger partial charge in [0.25, 0.3) is 11.8 Å². The van der Waals surface area contributed by atoms with Crippen LogP contribution in [-0.2, 0) is 0 Å². The summed E-state index contributed by atoms with van der Waals surface area (Å²) in [7, 11) is 4.85. The molecule has 2 aromatic carbocycles. The van der Waals surface area contributed by atoms with E-state index in [0.29, 0.717) is 0 Å². The molecule has 2 amide bonds. The highest BCUT2D eigenvalue weighted by Crippen LogP contribution is 2.48. The van der Waals surface area contributed by atoms with E-state index < -0.39 is 52.6 Å². The van der Waals surface area contributed by atoms with Crippen molar-refractivity contribution in [2.75, 3.05) is 5.32 Å². The summed E-state index contributed by atoms with van der Waals surface area (Å²) < 4.78 is 90.7. The standard InChI is InChI=1S/C22H17B3F5N3O7/c23-20(24,25)38-15-8-10(37-21(26,27)28)1-2-12(15)36-13-3-4-14-17(40-22(29,30)39-14)16(13)19(35)33-9-5-6-32-11(7-9)18(31)34/h1-8H,23-25H2,(H2,31,34)(H,32,33,35). The molecule has 0 bridgehead atoms. The summed E-state index contributed by atoms with van der Waals surface area (Å²) in [5.41, 5.74) is 4.47. The number of halogens is 5. The Bertz CT molecular complexity index is 1490. The molecular weight excluding hydrogens is 546 g/mol. The number of pyridine rings is 1. The summed E-state index contributed by atoms with van der Waals surface area (Å²) in [6.07, 6.45) is -7.92. The minimum atomic E-state index is -4.99. The summed E-state index contributed by atoms with van der Waals surface area (Å²) in [6.45, 7) is 0. The van der Waals surface area contributed by atoms with E-state index in [1.165, 1.54) is 12.3 Å². The first-order chi connectivity index (χ1) is 18.5. The minimum Gasteiger partial charge on any atom is -0.510 e. The predicted octanol–water partition coefficient (Wildman–Crippen LogP) is 1.33. The van der Waals surface area contributed by atoms with Crippen LogP contribution in [0.2, 0.25) is 0 Å². The first-order valence-corrected chi connectivity index (χ1v) is 11.3. The van der Waals surface area contributed by atoms with Gasteiger partial charge in [0.15, 0.2) is 23.0 Å². The van der Waals surface area contributed by atoms with Gasteiger partial charge >= 0.3 is 12.7 Å². The van der Waals surface area contributed by atoms with Crippen LogP contribution in [0.5, 0.6) is 34.5 Å². The lowest BCUT2D eigenvalue weighted by Gasteiger charge is -2.24. The van der Waals surface area contributed by atoms with Gasteiger partial charge in [-0.3, -0.25) is 14.6 Å². The highest BCUT2D eigenvalue weighted by molar-refractivity contribution is 6.58. The van der Waals surface area contributed by atoms with E-state index in [-0.39, 0.29) is 28.6 Å². The van der Waals surface area contributed by atoms with E-state index in [2.05, 4.69) is 24.5 Å². The summed E-state index contributed by atoms with van der Waals surface area (Å²) in [4.78, 5) is 28.5. The molecule has 0 radical (unpaired) electrons. The van der Waals surface area contributed by atoms with Crippen molar-refractivity contribution < 1.29 is 55.2 Å². The molecule has 0 atom stereocenters. The molecule has 3 aromatic rings. The molecule has 0 aliphatic carbocycles. The van der Waals surface area contributed by atoms with Crippen LogP contribution in [0, 0.1) is 0 Å². The second-order valence-electron chi connectivity index (χ2n) is 9.15. The summed E-state index contributed by atoms with van der Waals surface area (Å²) >= 11 is 0. The zero-order valence-corrected chi connectivity index (χ0v) is 20.9. The summed E-state index contributed by atoms with van der Waals surface area (Å²) in [5, 5.41) is 1.48. The number of anilines is 1. The Morgan fingerprint density at radius 2 is 1.65 bits per heavy atom. The number of hydrogen-bond donors (Lipinski definition) is 2. The number of benzene rings is 2. The second-order valence-corrected chi connectivity index (χ2v) is 9.15. The van der Waals surface area contributed by atoms with Crippen LogP contribution in [0.4, 0.5) is 27.6 Å². The summed E-state index contributed by atoms with van der Waals surface area (Å²) in [6, 6.07) is 7.52. The number of alkyl halides is 5. The molecule has 1 aromatic heterocycles. The Morgan fingerprint density at radius 1 is 0.950 bits per heavy atom. The smallest absolute Gasteiger partial charge is 0.510 e. The topological polar surface area (TPSA) is 131 Å². The molecule has 0 unspecified atom stereocenters. The molecule has 1 aliphatic rings. The fourth-order valence-electron chi connectivity index (χ4n) is 3.43. The molecule has 1 aliphatic heterocycles. The molecule has 4 rings (SSSR count). The van der Waals surface area contributed by atoms with Gasteiger partial charge in [-0.25, -0.2) is 0 Å². The SMILES string of the molecule is BC(B)(B)Oc1cc(OC(F)(F)F)ccc1Oc1ccc2c(c1C(=O)Nc1ccnc(C(N)=O)c1)OC(F)(F)O2. The van der Waals surface area contributed by atoms with Crippen LogP contribution < -0.4 is 34.7 Å². The molecule has 10 nitrogen and oxygen atoms in total. The maximum Gasteiger partial charge on any atom is 0.586 e. The zero-order chi connectivity index (χ0) is 29.5. The first kappa shape index (κ1) is 28.4. The number of rotatable bonds is 8. The van der Waals surface area contributed by atoms with Gasteiger partial charge < -0.3 is 34.7 Å². The van der Waals surface area contributed by atoms with Crippen molar-refractivity contribution in [1.82, 2.24) is 4.98 Å². The zero-order valence-electron chi connectivity index (χ0n) is 20.9. The third-order valence-electron chi connectivity index (χ3n) is 4.82. The van der Waals surface area contributed by atoms with Crippen molar-refractivity contribution in [3.8, 4) is 34.5 Å². The van der Waals surface area contributed by atoms with Crippen LogP contribution >= 0.6 is 0 Å². The number of fused-ring (bicyclic) bond motifs is 1. The van der Waals surface area contributed by atoms with Crippen LogP contribution in [-0.4, -0.2) is 58.3 Å². The van der Waals surface area contributed by atoms with Gasteiger partial charge in [-0.05, 0) is 36.4 Å². The van der Waals surface area contributed by atoms with Crippen LogP contribution in [0.25, 0.3) is 0 Å². The Kier molecular flexibility index (Phi) is 7.21. The van der Waals surface area contributed by atoms with Gasteiger partial charge in [0, 0.05) is 23.2 Å². The van der Waals surface area contributed by atoms with Gasteiger partial charge in [0.05, 0.1) is 0 Å². The van der Waals surface area contributed by atoms with Gasteiger partial charge in [-0.1, -0.05) is 0 Å². The number of aromatic nitrogens is 1. The number of ether oxygens (including phenoxy) is 5. The third-order valence-corrected chi connectivity index (χ3v) is 4.82. The number of carbonyl (C=O) groups is 2. The Balaban J connectivity index is 1.76. The van der Waals surface area contributed by atoms with E-state index in [0.717, 1.165) is 36.4 Å². The number of carbonyl (C=O) groups excluding carboxylic acids is 2. The quantitative estimate of drug-likeness (QED) is 0.311. The molecule has 206 valence electrons. The molecule has 0 saturated carbocycles. The number of nitrogens with two attached hydrogens (primary N) is 1. The number of nitrogens with zero attached hydrogens (tertiary/aromatic N) is 1. The molecule has 3 N–H and O–H groups in total. The van der Waals surface area contributed by atoms with Gasteiger partial charge in [0.1, 0.15) is 46.3 Å². The molecule has 0 saturated heterocycles. The highest BCUT2D eigenvalue weighted by Gasteiger charge is 2.46. The normalized spacial score (nSPS) is 13.8. The average Bonchev–Trinajstić information content (AvgIpc) is 3.12. The molecule has 18 heteroatoms. The molecule has 2 heterocycles. The molecule has 0 spiro atoms. The fourth-order valence-corrected chi connectivity index (χ4v) is 3.43. The minimum absolute atomic E-state index is 0.0217. The number of amides is 2. The van der Waals surface area contributed by atoms with Crippen molar-refractivity contribution in [3.63, 3.8) is 0 Å². The van der Waals surface area contributed by atoms with Gasteiger partial charge in [-0.15, -0.1) is 22.0 Å². The lowest BCUT2D eigenvalue weighted by atomic mass is 9.52. The maximum atomic E-state index is 13.9. The predicted molar refractivity (Wildman–Crippen MR) is 136 cm³/mol. The van der Waals surface area contributed by atoms with Gasteiger partial charge in [0.2, 0.25) is 0 Å². The lowest BCUT2D eigenvalue weighted by Crippen LogP contribution is -2.37. The van der Waals surface area contributed by atoms with Crippen molar-refractivity contribution in [2.24, 2.45) is 5.73 Å². The monoisotopic (exact) mass is 563 g/mol.